The van der Waals surface area contributed by atoms with Crippen molar-refractivity contribution in [2.75, 3.05) is 23.3 Å². The lowest BCUT2D eigenvalue weighted by molar-refractivity contribution is -0.274. The molecule has 2 fully saturated rings. The van der Waals surface area contributed by atoms with Crippen LogP contribution in [-0.2, 0) is 14.4 Å². The van der Waals surface area contributed by atoms with Gasteiger partial charge in [0.1, 0.15) is 23.2 Å². The molecule has 0 radical (unpaired) electrons. The topological polar surface area (TPSA) is 114 Å². The largest absolute Gasteiger partial charge is 0.573 e. The molecule has 2 heterocycles. The Morgan fingerprint density at radius 3 is 2.22 bits per heavy atom. The van der Waals surface area contributed by atoms with E-state index in [1.807, 2.05) is 0 Å². The lowest BCUT2D eigenvalue weighted by atomic mass is 9.89. The number of benzene rings is 2. The third kappa shape index (κ3) is 6.58. The minimum atomic E-state index is -4.97. The number of nitrogens with zero attached hydrogens (tertiary/aromatic N) is 1. The predicted octanol–water partition coefficient (Wildman–Crippen LogP) is 2.92. The SMILES string of the molecule is NC=O.O=C1CCC(c2c(F)cc(N3CC(Nc4cc(F)cc(OC(F)(F)F)c4)C3)cc2F)C(=O)N1. The Morgan fingerprint density at radius 2 is 1.67 bits per heavy atom. The van der Waals surface area contributed by atoms with Gasteiger partial charge >= 0.3 is 6.36 Å². The number of hydrogen-bond acceptors (Lipinski definition) is 6. The van der Waals surface area contributed by atoms with E-state index in [1.165, 1.54) is 0 Å². The molecule has 36 heavy (non-hydrogen) atoms. The van der Waals surface area contributed by atoms with Crippen LogP contribution in [0.2, 0.25) is 0 Å². The molecule has 194 valence electrons. The normalized spacial score (nSPS) is 17.9. The van der Waals surface area contributed by atoms with Crippen molar-refractivity contribution in [1.29, 1.82) is 0 Å². The molecule has 2 aromatic rings. The number of imide groups is 1. The lowest BCUT2D eigenvalue weighted by Crippen LogP contribution is -2.55. The third-order valence-corrected chi connectivity index (χ3v) is 5.37. The van der Waals surface area contributed by atoms with Crippen molar-refractivity contribution in [2.24, 2.45) is 5.73 Å². The lowest BCUT2D eigenvalue weighted by Gasteiger charge is -2.42. The molecule has 1 atom stereocenters. The van der Waals surface area contributed by atoms with Crippen molar-refractivity contribution >= 4 is 29.6 Å². The average molecular weight is 518 g/mol. The van der Waals surface area contributed by atoms with Crippen LogP contribution in [0.4, 0.5) is 37.7 Å². The Bertz CT molecular complexity index is 1130. The van der Waals surface area contributed by atoms with Crippen LogP contribution in [0.3, 0.4) is 0 Å². The molecule has 2 aliphatic rings. The first-order valence-corrected chi connectivity index (χ1v) is 10.5. The molecular formula is C22H20F6N4O4. The average Bonchev–Trinajstić information content (AvgIpc) is 2.70. The van der Waals surface area contributed by atoms with Gasteiger partial charge in [-0.3, -0.25) is 19.7 Å². The zero-order valence-corrected chi connectivity index (χ0v) is 18.4. The van der Waals surface area contributed by atoms with Crippen LogP contribution in [0.15, 0.2) is 30.3 Å². The number of halogens is 6. The summed E-state index contributed by atoms with van der Waals surface area (Å²) in [6, 6.07) is 4.42. The maximum Gasteiger partial charge on any atom is 0.573 e. The van der Waals surface area contributed by atoms with Gasteiger partial charge in [-0.1, -0.05) is 0 Å². The summed E-state index contributed by atoms with van der Waals surface area (Å²) < 4.78 is 83.8. The van der Waals surface area contributed by atoms with Gasteiger partial charge in [-0.15, -0.1) is 13.2 Å². The van der Waals surface area contributed by atoms with Crippen LogP contribution in [0, 0.1) is 17.5 Å². The minimum Gasteiger partial charge on any atom is -0.406 e. The van der Waals surface area contributed by atoms with Crippen LogP contribution in [0.25, 0.3) is 0 Å². The predicted molar refractivity (Wildman–Crippen MR) is 114 cm³/mol. The fourth-order valence-electron chi connectivity index (χ4n) is 3.91. The van der Waals surface area contributed by atoms with Gasteiger partial charge in [0.15, 0.2) is 0 Å². The molecule has 0 spiro atoms. The number of carbonyl (C=O) groups excluding carboxylic acids is 3. The van der Waals surface area contributed by atoms with Crippen molar-refractivity contribution < 1.29 is 45.5 Å². The zero-order chi connectivity index (χ0) is 26.6. The van der Waals surface area contributed by atoms with Crippen LogP contribution in [-0.4, -0.2) is 43.7 Å². The smallest absolute Gasteiger partial charge is 0.406 e. The van der Waals surface area contributed by atoms with E-state index in [1.54, 1.807) is 4.90 Å². The molecule has 0 saturated carbocycles. The molecule has 2 aliphatic heterocycles. The second-order valence-corrected chi connectivity index (χ2v) is 7.93. The summed E-state index contributed by atoms with van der Waals surface area (Å²) in [4.78, 5) is 33.4. The van der Waals surface area contributed by atoms with E-state index in [0.29, 0.717) is 6.07 Å². The van der Waals surface area contributed by atoms with Gasteiger partial charge in [-0.25, -0.2) is 13.2 Å². The standard InChI is InChI=1S/C21H17F6N3O3.CH3NO/c22-10-3-11(5-14(4-10)33-21(25,26)27)28-12-8-30(9-12)13-6-16(23)19(17(24)7-13)15-1-2-18(31)29-20(15)32;2-1-3/h3-7,12,15,28H,1-2,8-9H2,(H,29,31,32);1H,(H2,2,3). The monoisotopic (exact) mass is 518 g/mol. The molecule has 0 aliphatic carbocycles. The van der Waals surface area contributed by atoms with Crippen LogP contribution < -0.4 is 26.0 Å². The second kappa shape index (κ2) is 10.7. The van der Waals surface area contributed by atoms with Crippen LogP contribution in [0.5, 0.6) is 5.75 Å². The highest BCUT2D eigenvalue weighted by atomic mass is 19.4. The van der Waals surface area contributed by atoms with E-state index >= 15 is 0 Å². The van der Waals surface area contributed by atoms with Gasteiger partial charge in [0, 0.05) is 48.6 Å². The fourth-order valence-corrected chi connectivity index (χ4v) is 3.91. The molecule has 1 unspecified atom stereocenters. The molecule has 8 nitrogen and oxygen atoms in total. The number of amides is 3. The maximum atomic E-state index is 14.7. The number of ether oxygens (including phenoxy) is 1. The number of primary amides is 1. The maximum absolute atomic E-state index is 14.7. The third-order valence-electron chi connectivity index (χ3n) is 5.37. The Balaban J connectivity index is 0.00000115. The molecule has 4 rings (SSSR count). The highest BCUT2D eigenvalue weighted by Crippen LogP contribution is 2.34. The van der Waals surface area contributed by atoms with Gasteiger partial charge in [0.05, 0.1) is 12.0 Å². The summed E-state index contributed by atoms with van der Waals surface area (Å²) in [5.74, 6) is -5.84. The first-order valence-electron chi connectivity index (χ1n) is 10.5. The summed E-state index contributed by atoms with van der Waals surface area (Å²) in [5.41, 5.74) is 4.03. The van der Waals surface area contributed by atoms with Crippen LogP contribution >= 0.6 is 0 Å². The summed E-state index contributed by atoms with van der Waals surface area (Å²) in [6.45, 7) is 0.477. The molecule has 0 aromatic heterocycles. The van der Waals surface area contributed by atoms with Gasteiger partial charge in [0.25, 0.3) is 0 Å². The minimum absolute atomic E-state index is 0.00123. The number of alkyl halides is 3. The first-order chi connectivity index (χ1) is 16.9. The number of nitrogens with two attached hydrogens (primary N) is 1. The van der Waals surface area contributed by atoms with Crippen molar-refractivity contribution in [3.05, 3.63) is 53.3 Å². The summed E-state index contributed by atoms with van der Waals surface area (Å²) in [5, 5.41) is 4.91. The second-order valence-electron chi connectivity index (χ2n) is 7.93. The van der Waals surface area contributed by atoms with E-state index in [9.17, 15) is 35.9 Å². The van der Waals surface area contributed by atoms with E-state index in [0.717, 1.165) is 24.3 Å². The van der Waals surface area contributed by atoms with E-state index in [4.69, 9.17) is 4.79 Å². The van der Waals surface area contributed by atoms with Gasteiger partial charge in [0.2, 0.25) is 18.2 Å². The summed E-state index contributed by atoms with van der Waals surface area (Å²) in [7, 11) is 0. The van der Waals surface area contributed by atoms with Crippen LogP contribution in [0.1, 0.15) is 24.3 Å². The van der Waals surface area contributed by atoms with Gasteiger partial charge in [-0.05, 0) is 24.6 Å². The molecule has 2 saturated heterocycles. The molecule has 2 aromatic carbocycles. The molecule has 0 bridgehead atoms. The van der Waals surface area contributed by atoms with Gasteiger partial charge < -0.3 is 20.7 Å². The van der Waals surface area contributed by atoms with E-state index < -0.39 is 52.9 Å². The molecule has 3 amide bonds. The first kappa shape index (κ1) is 26.6. The van der Waals surface area contributed by atoms with Crippen molar-refractivity contribution in [3.63, 3.8) is 0 Å². The summed E-state index contributed by atoms with van der Waals surface area (Å²) >= 11 is 0. The number of nitrogens with one attached hydrogen (secondary N) is 2. The zero-order valence-electron chi connectivity index (χ0n) is 18.4. The Kier molecular flexibility index (Phi) is 7.95. The number of hydrogen-bond donors (Lipinski definition) is 3. The molecule has 14 heteroatoms. The number of rotatable bonds is 5. The van der Waals surface area contributed by atoms with E-state index in [-0.39, 0.29) is 49.8 Å². The fraction of sp³-hybridized carbons (Fsp3) is 0.318. The van der Waals surface area contributed by atoms with Crippen molar-refractivity contribution in [1.82, 2.24) is 5.32 Å². The number of anilines is 2. The molecule has 4 N–H and O–H groups in total. The Hall–Kier alpha value is -3.97. The molecular weight excluding hydrogens is 498 g/mol. The Labute approximate surface area is 200 Å². The quantitative estimate of drug-likeness (QED) is 0.319. The van der Waals surface area contributed by atoms with E-state index in [2.05, 4.69) is 21.1 Å². The van der Waals surface area contributed by atoms with Crippen molar-refractivity contribution in [3.8, 4) is 5.75 Å². The van der Waals surface area contributed by atoms with Gasteiger partial charge in [-0.2, -0.15) is 0 Å². The highest BCUT2D eigenvalue weighted by Gasteiger charge is 2.35. The summed E-state index contributed by atoms with van der Waals surface area (Å²) in [6.07, 6.45) is -4.74. The highest BCUT2D eigenvalue weighted by molar-refractivity contribution is 6.01. The Morgan fingerprint density at radius 1 is 1.06 bits per heavy atom. The number of carbonyl (C=O) groups is 3. The number of piperidine rings is 1. The van der Waals surface area contributed by atoms with Crippen molar-refractivity contribution in [2.45, 2.75) is 31.2 Å².